The molecule has 1 fully saturated rings. The van der Waals surface area contributed by atoms with Crippen molar-refractivity contribution < 1.29 is 14.3 Å². The highest BCUT2D eigenvalue weighted by molar-refractivity contribution is 7.96. The van der Waals surface area contributed by atoms with Crippen molar-refractivity contribution in [1.29, 1.82) is 5.41 Å². The van der Waals surface area contributed by atoms with Crippen LogP contribution in [0.3, 0.4) is 0 Å². The predicted octanol–water partition coefficient (Wildman–Crippen LogP) is 7.49. The minimum atomic E-state index is -0.391. The Morgan fingerprint density at radius 3 is 2.51 bits per heavy atom. The summed E-state index contributed by atoms with van der Waals surface area (Å²) >= 11 is 8.14. The van der Waals surface area contributed by atoms with E-state index in [2.05, 4.69) is 44.2 Å². The number of aryl methyl sites for hydroxylation is 1. The van der Waals surface area contributed by atoms with Crippen LogP contribution < -0.4 is 9.47 Å². The second kappa shape index (κ2) is 13.3. The number of allylic oxidation sites excluding steroid dienone is 1. The number of pyridine rings is 1. The molecule has 1 aliphatic carbocycles. The van der Waals surface area contributed by atoms with Gasteiger partial charge in [-0.1, -0.05) is 47.8 Å². The number of amides is 1. The lowest BCUT2D eigenvalue weighted by atomic mass is 9.99. The van der Waals surface area contributed by atoms with E-state index in [1.165, 1.54) is 17.3 Å². The molecule has 2 aliphatic rings. The number of rotatable bonds is 14. The molecule has 4 aromatic rings. The van der Waals surface area contributed by atoms with Gasteiger partial charge in [0.2, 0.25) is 5.91 Å². The van der Waals surface area contributed by atoms with Gasteiger partial charge in [-0.2, -0.15) is 0 Å². The summed E-state index contributed by atoms with van der Waals surface area (Å²) in [7, 11) is 3.37. The first-order valence-electron chi connectivity index (χ1n) is 15.2. The van der Waals surface area contributed by atoms with Crippen molar-refractivity contribution in [2.75, 3.05) is 20.0 Å². The van der Waals surface area contributed by atoms with Gasteiger partial charge in [-0.05, 0) is 79.3 Å². The van der Waals surface area contributed by atoms with Gasteiger partial charge < -0.3 is 24.4 Å². The van der Waals surface area contributed by atoms with Gasteiger partial charge in [0.15, 0.2) is 0 Å². The minimum absolute atomic E-state index is 0.114. The first kappa shape index (κ1) is 31.2. The number of methoxy groups -OCH3 is 2. The van der Waals surface area contributed by atoms with E-state index in [-0.39, 0.29) is 5.91 Å². The van der Waals surface area contributed by atoms with Gasteiger partial charge in [-0.25, -0.2) is 9.29 Å². The number of hydrogen-bond donors (Lipinski definition) is 1. The topological polar surface area (TPSA) is 83.7 Å². The SMILES string of the molecule is COc1ccc(CN(Cc2cccc(OC)c2)SCCCn2c(CN3C(=O)C4(CC4)C(C)=C3C=N)cc3cc(Cl)cnc32)cc1. The number of nitrogens with one attached hydrogen (secondary N) is 1. The molecule has 1 N–H and O–H groups in total. The molecule has 10 heteroatoms. The highest BCUT2D eigenvalue weighted by Crippen LogP contribution is 2.58. The summed E-state index contributed by atoms with van der Waals surface area (Å²) in [5, 5.41) is 9.59. The van der Waals surface area contributed by atoms with Crippen molar-refractivity contribution in [3.8, 4) is 11.5 Å². The van der Waals surface area contributed by atoms with Gasteiger partial charge in [0.1, 0.15) is 17.1 Å². The minimum Gasteiger partial charge on any atom is -0.497 e. The standard InChI is InChI=1S/C35H38ClN5O3S/c1-24-32(19-37)41(34(42)35(24)12-13-35)23-29-18-27-17-28(36)20-38-33(27)40(29)14-5-15-45-39(21-25-8-10-30(43-2)11-9-25)22-26-6-4-7-31(16-26)44-3/h4,6-11,16-20,37H,5,12-15,21-23H2,1-3H3. The molecule has 1 amide bonds. The number of fused-ring (bicyclic) bond motifs is 1. The van der Waals surface area contributed by atoms with Crippen LogP contribution in [0.2, 0.25) is 5.02 Å². The summed E-state index contributed by atoms with van der Waals surface area (Å²) in [4.78, 5) is 19.9. The summed E-state index contributed by atoms with van der Waals surface area (Å²) in [6.45, 7) is 4.70. The smallest absolute Gasteiger partial charge is 0.237 e. The van der Waals surface area contributed by atoms with E-state index in [4.69, 9.17) is 26.5 Å². The molecule has 0 radical (unpaired) electrons. The summed E-state index contributed by atoms with van der Waals surface area (Å²) < 4.78 is 15.4. The first-order valence-corrected chi connectivity index (χ1v) is 16.5. The van der Waals surface area contributed by atoms with Gasteiger partial charge >= 0.3 is 0 Å². The molecule has 1 saturated carbocycles. The normalized spacial score (nSPS) is 15.5. The number of benzene rings is 2. The van der Waals surface area contributed by atoms with E-state index >= 15 is 0 Å². The Morgan fingerprint density at radius 2 is 1.80 bits per heavy atom. The maximum atomic E-state index is 13.5. The second-order valence-corrected chi connectivity index (χ2v) is 13.3. The Bertz CT molecular complexity index is 1750. The fourth-order valence-corrected chi connectivity index (χ4v) is 7.38. The van der Waals surface area contributed by atoms with Crippen LogP contribution in [0.15, 0.2) is 78.1 Å². The molecule has 234 valence electrons. The van der Waals surface area contributed by atoms with E-state index in [1.807, 2.05) is 49.2 Å². The zero-order valence-corrected chi connectivity index (χ0v) is 27.5. The lowest BCUT2D eigenvalue weighted by Crippen LogP contribution is -2.30. The molecule has 1 spiro atoms. The van der Waals surface area contributed by atoms with E-state index in [0.29, 0.717) is 11.6 Å². The summed E-state index contributed by atoms with van der Waals surface area (Å²) in [6.07, 6.45) is 5.64. The largest absolute Gasteiger partial charge is 0.497 e. The molecule has 0 unspecified atom stereocenters. The second-order valence-electron chi connectivity index (χ2n) is 11.7. The number of hydrogen-bond acceptors (Lipinski definition) is 7. The Kier molecular flexibility index (Phi) is 9.21. The molecular formula is C35H38ClN5O3S. The average molecular weight is 644 g/mol. The maximum Gasteiger partial charge on any atom is 0.237 e. The third kappa shape index (κ3) is 6.48. The number of carbonyl (C=O) groups excluding carboxylic acids is 1. The molecule has 3 heterocycles. The van der Waals surface area contributed by atoms with Crippen molar-refractivity contribution >= 4 is 46.7 Å². The molecule has 2 aromatic heterocycles. The Hall–Kier alpha value is -3.79. The quantitative estimate of drug-likeness (QED) is 0.0871. The van der Waals surface area contributed by atoms with Crippen LogP contribution in [0.5, 0.6) is 11.5 Å². The highest BCUT2D eigenvalue weighted by Gasteiger charge is 2.58. The highest BCUT2D eigenvalue weighted by atomic mass is 35.5. The zero-order chi connectivity index (χ0) is 31.6. The van der Waals surface area contributed by atoms with Gasteiger partial charge in [0.25, 0.3) is 0 Å². The fourth-order valence-electron chi connectivity index (χ4n) is 6.22. The summed E-state index contributed by atoms with van der Waals surface area (Å²) in [5.74, 6) is 2.70. The number of aromatic nitrogens is 2. The van der Waals surface area contributed by atoms with Crippen LogP contribution >= 0.6 is 23.5 Å². The molecule has 0 bridgehead atoms. The zero-order valence-electron chi connectivity index (χ0n) is 25.9. The van der Waals surface area contributed by atoms with E-state index in [1.54, 1.807) is 25.3 Å². The lowest BCUT2D eigenvalue weighted by molar-refractivity contribution is -0.131. The predicted molar refractivity (Wildman–Crippen MR) is 181 cm³/mol. The van der Waals surface area contributed by atoms with E-state index < -0.39 is 5.41 Å². The Morgan fingerprint density at radius 1 is 1.04 bits per heavy atom. The van der Waals surface area contributed by atoms with E-state index in [0.717, 1.165) is 84.1 Å². The van der Waals surface area contributed by atoms with Gasteiger partial charge in [0.05, 0.1) is 36.9 Å². The molecule has 8 nitrogen and oxygen atoms in total. The van der Waals surface area contributed by atoms with Gasteiger partial charge in [0, 0.05) is 48.9 Å². The summed E-state index contributed by atoms with van der Waals surface area (Å²) in [5.41, 5.74) is 5.60. The molecule has 6 rings (SSSR count). The van der Waals surface area contributed by atoms with Crippen molar-refractivity contribution in [3.63, 3.8) is 0 Å². The van der Waals surface area contributed by atoms with Crippen molar-refractivity contribution in [2.24, 2.45) is 5.41 Å². The van der Waals surface area contributed by atoms with E-state index in [9.17, 15) is 4.79 Å². The third-order valence-electron chi connectivity index (χ3n) is 8.85. The van der Waals surface area contributed by atoms with Crippen molar-refractivity contribution in [2.45, 2.75) is 52.4 Å². The van der Waals surface area contributed by atoms with Crippen LogP contribution in [0.25, 0.3) is 11.0 Å². The number of nitrogens with zero attached hydrogens (tertiary/aromatic N) is 4. The van der Waals surface area contributed by atoms with Gasteiger partial charge in [-0.15, -0.1) is 0 Å². The maximum absolute atomic E-state index is 13.5. The van der Waals surface area contributed by atoms with Crippen LogP contribution in [-0.4, -0.2) is 50.9 Å². The Labute approximate surface area is 273 Å². The van der Waals surface area contributed by atoms with Crippen LogP contribution in [0, 0.1) is 10.8 Å². The van der Waals surface area contributed by atoms with Crippen molar-refractivity contribution in [1.82, 2.24) is 18.8 Å². The first-order chi connectivity index (χ1) is 21.8. The third-order valence-corrected chi connectivity index (χ3v) is 10.2. The van der Waals surface area contributed by atoms with Crippen LogP contribution in [0.4, 0.5) is 0 Å². The molecular weight excluding hydrogens is 606 g/mol. The lowest BCUT2D eigenvalue weighted by Gasteiger charge is -2.23. The van der Waals surface area contributed by atoms with Crippen LogP contribution in [0.1, 0.15) is 43.0 Å². The monoisotopic (exact) mass is 643 g/mol. The van der Waals surface area contributed by atoms with Crippen molar-refractivity contribution in [3.05, 3.63) is 100.0 Å². The molecule has 1 aliphatic heterocycles. The molecule has 45 heavy (non-hydrogen) atoms. The number of halogens is 1. The molecule has 0 saturated heterocycles. The van der Waals surface area contributed by atoms with Gasteiger partial charge in [-0.3, -0.25) is 4.79 Å². The number of carbonyl (C=O) groups is 1. The number of ether oxygens (including phenoxy) is 2. The summed E-state index contributed by atoms with van der Waals surface area (Å²) in [6, 6.07) is 20.4. The van der Waals surface area contributed by atoms with Crippen LogP contribution in [-0.2, 0) is 31.0 Å². The average Bonchev–Trinajstić information content (AvgIpc) is 3.76. The fraction of sp³-hybridized carbons (Fsp3) is 0.343. The molecule has 0 atom stereocenters. The molecule has 2 aromatic carbocycles. The Balaban J connectivity index is 1.18.